The Morgan fingerprint density at radius 1 is 1.25 bits per heavy atom. The van der Waals surface area contributed by atoms with E-state index in [1.54, 1.807) is 0 Å². The molecule has 0 aromatic rings. The van der Waals surface area contributed by atoms with Crippen LogP contribution in [0.15, 0.2) is 0 Å². The third kappa shape index (κ3) is 6.37. The van der Waals surface area contributed by atoms with Crippen molar-refractivity contribution in [1.29, 1.82) is 0 Å². The average Bonchev–Trinajstić information content (AvgIpc) is 2.95. The molecule has 1 fully saturated rings. The summed E-state index contributed by atoms with van der Waals surface area (Å²) in [6.07, 6.45) is 8.75. The van der Waals surface area contributed by atoms with E-state index < -0.39 is 18.1 Å². The topological polar surface area (TPSA) is 81.4 Å². The van der Waals surface area contributed by atoms with Crippen LogP contribution in [0.3, 0.4) is 0 Å². The number of carbonyl (C=O) groups is 2. The average molecular weight is 284 g/mol. The lowest BCUT2D eigenvalue weighted by molar-refractivity contribution is -0.133. The third-order valence-corrected chi connectivity index (χ3v) is 3.73. The van der Waals surface area contributed by atoms with Crippen LogP contribution in [-0.4, -0.2) is 30.6 Å². The van der Waals surface area contributed by atoms with Gasteiger partial charge in [-0.3, -0.25) is 9.59 Å². The van der Waals surface area contributed by atoms with E-state index in [-0.39, 0.29) is 5.91 Å². The van der Waals surface area contributed by atoms with E-state index in [1.807, 2.05) is 0 Å². The van der Waals surface area contributed by atoms with Crippen LogP contribution in [0.4, 0.5) is 0 Å². The van der Waals surface area contributed by atoms with E-state index in [4.69, 9.17) is 10.5 Å². The molecule has 0 radical (unpaired) electrons. The normalized spacial score (nSPS) is 19.8. The molecular formula is C15H28N2O3. The quantitative estimate of drug-likeness (QED) is 0.601. The van der Waals surface area contributed by atoms with Crippen LogP contribution in [-0.2, 0) is 14.3 Å². The number of hydrogen-bond donors (Lipinski definition) is 2. The standard InChI is InChI=1S/C15H28N2O3/c1-2-3-4-5-6-7-9-12(14(16)18)17-15(19)13-10-8-11-20-13/h12-13H,2-11H2,1H3,(H2,16,18)(H,17,19)/t12-,13-/m0/s1. The monoisotopic (exact) mass is 284 g/mol. The highest BCUT2D eigenvalue weighted by atomic mass is 16.5. The summed E-state index contributed by atoms with van der Waals surface area (Å²) in [5, 5.41) is 2.72. The summed E-state index contributed by atoms with van der Waals surface area (Å²) in [5.41, 5.74) is 5.35. The van der Waals surface area contributed by atoms with E-state index >= 15 is 0 Å². The lowest BCUT2D eigenvalue weighted by Crippen LogP contribution is -2.47. The highest BCUT2D eigenvalue weighted by Gasteiger charge is 2.27. The van der Waals surface area contributed by atoms with Gasteiger partial charge in [0.05, 0.1) is 0 Å². The molecule has 5 nitrogen and oxygen atoms in total. The van der Waals surface area contributed by atoms with Gasteiger partial charge >= 0.3 is 0 Å². The van der Waals surface area contributed by atoms with Crippen LogP contribution in [0.5, 0.6) is 0 Å². The zero-order valence-electron chi connectivity index (χ0n) is 12.5. The first-order valence-corrected chi connectivity index (χ1v) is 7.86. The predicted octanol–water partition coefficient (Wildman–Crippen LogP) is 1.89. The van der Waals surface area contributed by atoms with E-state index in [0.29, 0.717) is 13.0 Å². The lowest BCUT2D eigenvalue weighted by atomic mass is 10.0. The summed E-state index contributed by atoms with van der Waals surface area (Å²) in [6, 6.07) is -0.558. The number of unbranched alkanes of at least 4 members (excludes halogenated alkanes) is 5. The molecule has 0 aromatic heterocycles. The summed E-state index contributed by atoms with van der Waals surface area (Å²) in [6.45, 7) is 2.81. The number of nitrogens with one attached hydrogen (secondary N) is 1. The molecule has 1 aliphatic rings. The second-order valence-corrected chi connectivity index (χ2v) is 5.52. The maximum atomic E-state index is 11.9. The molecule has 116 valence electrons. The van der Waals surface area contributed by atoms with Crippen molar-refractivity contribution in [3.05, 3.63) is 0 Å². The summed E-state index contributed by atoms with van der Waals surface area (Å²) >= 11 is 0. The van der Waals surface area contributed by atoms with Gasteiger partial charge < -0.3 is 15.8 Å². The van der Waals surface area contributed by atoms with Crippen LogP contribution in [0.2, 0.25) is 0 Å². The van der Waals surface area contributed by atoms with Gasteiger partial charge in [-0.15, -0.1) is 0 Å². The van der Waals surface area contributed by atoms with Gasteiger partial charge in [0, 0.05) is 6.61 Å². The SMILES string of the molecule is CCCCCCCC[C@H](NC(=O)[C@@H]1CCCO1)C(N)=O. The fraction of sp³-hybridized carbons (Fsp3) is 0.867. The van der Waals surface area contributed by atoms with E-state index in [2.05, 4.69) is 12.2 Å². The first-order valence-electron chi connectivity index (χ1n) is 7.86. The smallest absolute Gasteiger partial charge is 0.249 e. The Bertz CT molecular complexity index is 301. The number of amides is 2. The Labute approximate surface area is 121 Å². The van der Waals surface area contributed by atoms with Crippen molar-refractivity contribution in [2.24, 2.45) is 5.73 Å². The molecule has 2 amide bonds. The van der Waals surface area contributed by atoms with Gasteiger partial charge in [-0.05, 0) is 19.3 Å². The molecule has 0 bridgehead atoms. The molecule has 0 aliphatic carbocycles. The maximum Gasteiger partial charge on any atom is 0.249 e. The molecule has 0 unspecified atom stereocenters. The summed E-state index contributed by atoms with van der Waals surface area (Å²) in [7, 11) is 0. The van der Waals surface area contributed by atoms with Gasteiger partial charge in [0.15, 0.2) is 0 Å². The summed E-state index contributed by atoms with van der Waals surface area (Å²) < 4.78 is 5.30. The first-order chi connectivity index (χ1) is 9.65. The highest BCUT2D eigenvalue weighted by Crippen LogP contribution is 2.13. The Kier molecular flexibility index (Phi) is 8.26. The number of nitrogens with two attached hydrogens (primary N) is 1. The van der Waals surface area contributed by atoms with Crippen LogP contribution < -0.4 is 11.1 Å². The minimum atomic E-state index is -0.558. The van der Waals surface area contributed by atoms with Crippen molar-refractivity contribution >= 4 is 11.8 Å². The minimum absolute atomic E-state index is 0.197. The minimum Gasteiger partial charge on any atom is -0.368 e. The van der Waals surface area contributed by atoms with E-state index in [9.17, 15) is 9.59 Å². The summed E-state index contributed by atoms with van der Waals surface area (Å²) in [5.74, 6) is -0.651. The second kappa shape index (κ2) is 9.75. The molecule has 20 heavy (non-hydrogen) atoms. The van der Waals surface area contributed by atoms with Gasteiger partial charge in [-0.1, -0.05) is 45.4 Å². The third-order valence-electron chi connectivity index (χ3n) is 3.73. The molecule has 1 heterocycles. The molecule has 2 atom stereocenters. The van der Waals surface area contributed by atoms with Crippen LogP contribution >= 0.6 is 0 Å². The molecule has 0 aromatic carbocycles. The number of ether oxygens (including phenoxy) is 1. The number of primary amides is 1. The van der Waals surface area contributed by atoms with E-state index in [0.717, 1.165) is 25.7 Å². The van der Waals surface area contributed by atoms with E-state index in [1.165, 1.54) is 25.7 Å². The first kappa shape index (κ1) is 17.0. The largest absolute Gasteiger partial charge is 0.368 e. The van der Waals surface area contributed by atoms with Gasteiger partial charge in [0.25, 0.3) is 0 Å². The zero-order valence-corrected chi connectivity index (χ0v) is 12.5. The van der Waals surface area contributed by atoms with Crippen LogP contribution in [0.25, 0.3) is 0 Å². The number of rotatable bonds is 10. The molecule has 1 rings (SSSR count). The number of hydrogen-bond acceptors (Lipinski definition) is 3. The Balaban J connectivity index is 2.22. The second-order valence-electron chi connectivity index (χ2n) is 5.52. The molecule has 1 saturated heterocycles. The molecule has 5 heteroatoms. The lowest BCUT2D eigenvalue weighted by Gasteiger charge is -2.17. The van der Waals surface area contributed by atoms with Gasteiger partial charge in [0.1, 0.15) is 12.1 Å². The summed E-state index contributed by atoms with van der Waals surface area (Å²) in [4.78, 5) is 23.3. The predicted molar refractivity (Wildman–Crippen MR) is 78.1 cm³/mol. The number of carbonyl (C=O) groups excluding carboxylic acids is 2. The van der Waals surface area contributed by atoms with Crippen molar-refractivity contribution in [3.8, 4) is 0 Å². The van der Waals surface area contributed by atoms with Crippen molar-refractivity contribution in [3.63, 3.8) is 0 Å². The van der Waals surface area contributed by atoms with Crippen molar-refractivity contribution in [2.75, 3.05) is 6.61 Å². The molecule has 0 spiro atoms. The Morgan fingerprint density at radius 3 is 2.55 bits per heavy atom. The molecule has 3 N–H and O–H groups in total. The molecule has 0 saturated carbocycles. The van der Waals surface area contributed by atoms with Crippen molar-refractivity contribution in [2.45, 2.75) is 76.9 Å². The molecular weight excluding hydrogens is 256 g/mol. The Hall–Kier alpha value is -1.10. The van der Waals surface area contributed by atoms with Gasteiger partial charge in [0.2, 0.25) is 11.8 Å². The molecule has 1 aliphatic heterocycles. The van der Waals surface area contributed by atoms with Crippen LogP contribution in [0, 0.1) is 0 Å². The van der Waals surface area contributed by atoms with Crippen LogP contribution in [0.1, 0.15) is 64.7 Å². The maximum absolute atomic E-state index is 11.9. The zero-order chi connectivity index (χ0) is 14.8. The van der Waals surface area contributed by atoms with Gasteiger partial charge in [-0.2, -0.15) is 0 Å². The fourth-order valence-electron chi connectivity index (χ4n) is 2.46. The van der Waals surface area contributed by atoms with Crippen molar-refractivity contribution in [1.82, 2.24) is 5.32 Å². The fourth-order valence-corrected chi connectivity index (χ4v) is 2.46. The van der Waals surface area contributed by atoms with Gasteiger partial charge in [-0.25, -0.2) is 0 Å². The Morgan fingerprint density at radius 2 is 1.95 bits per heavy atom. The highest BCUT2D eigenvalue weighted by molar-refractivity contribution is 5.88. The van der Waals surface area contributed by atoms with Crippen molar-refractivity contribution < 1.29 is 14.3 Å².